The van der Waals surface area contributed by atoms with Gasteiger partial charge >= 0.3 is 0 Å². The molecule has 0 radical (unpaired) electrons. The van der Waals surface area contributed by atoms with Crippen LogP contribution < -0.4 is 4.74 Å². The SMILES string of the molecule is C=CCOc1ccc(C=C2SC(=O)N(C(C)C)C2=O)cc1. The molecule has 2 amide bonds. The van der Waals surface area contributed by atoms with Crippen LogP contribution in [0.5, 0.6) is 5.75 Å². The van der Waals surface area contributed by atoms with Crippen LogP contribution in [0.1, 0.15) is 19.4 Å². The molecule has 0 N–H and O–H groups in total. The Balaban J connectivity index is 2.15. The molecule has 0 atom stereocenters. The molecule has 1 aromatic rings. The molecule has 0 bridgehead atoms. The van der Waals surface area contributed by atoms with Crippen molar-refractivity contribution in [3.8, 4) is 5.75 Å². The Morgan fingerprint density at radius 1 is 1.29 bits per heavy atom. The summed E-state index contributed by atoms with van der Waals surface area (Å²) >= 11 is 0.977. The lowest BCUT2D eigenvalue weighted by molar-refractivity contribution is -0.123. The standard InChI is InChI=1S/C16H17NO3S/c1-4-9-20-13-7-5-12(6-8-13)10-14-15(18)17(11(2)3)16(19)21-14/h4-8,10-11H,1,9H2,2-3H3. The van der Waals surface area contributed by atoms with Crippen LogP contribution in [-0.4, -0.2) is 28.7 Å². The molecule has 1 heterocycles. The Bertz CT molecular complexity index is 590. The van der Waals surface area contributed by atoms with E-state index in [1.165, 1.54) is 4.90 Å². The number of hydrogen-bond donors (Lipinski definition) is 0. The van der Waals surface area contributed by atoms with E-state index in [0.29, 0.717) is 11.5 Å². The molecule has 0 unspecified atom stereocenters. The van der Waals surface area contributed by atoms with E-state index in [9.17, 15) is 9.59 Å². The van der Waals surface area contributed by atoms with Gasteiger partial charge in [-0.25, -0.2) is 0 Å². The minimum atomic E-state index is -0.230. The Kier molecular flexibility index (Phi) is 4.85. The van der Waals surface area contributed by atoms with Crippen molar-refractivity contribution in [2.24, 2.45) is 0 Å². The summed E-state index contributed by atoms with van der Waals surface area (Å²) in [6.07, 6.45) is 3.40. The Labute approximate surface area is 128 Å². The molecule has 1 saturated heterocycles. The Morgan fingerprint density at radius 3 is 2.48 bits per heavy atom. The summed E-state index contributed by atoms with van der Waals surface area (Å²) in [4.78, 5) is 25.7. The molecule has 0 saturated carbocycles. The molecular formula is C16H17NO3S. The third kappa shape index (κ3) is 3.55. The number of hydrogen-bond acceptors (Lipinski definition) is 4. The molecule has 110 valence electrons. The quantitative estimate of drug-likeness (QED) is 0.614. The highest BCUT2D eigenvalue weighted by atomic mass is 32.2. The van der Waals surface area contributed by atoms with E-state index in [-0.39, 0.29) is 17.2 Å². The van der Waals surface area contributed by atoms with Crippen LogP contribution in [0, 0.1) is 0 Å². The second kappa shape index (κ2) is 6.63. The zero-order valence-corrected chi connectivity index (χ0v) is 12.9. The molecule has 0 aromatic heterocycles. The van der Waals surface area contributed by atoms with Crippen LogP contribution >= 0.6 is 11.8 Å². The van der Waals surface area contributed by atoms with Crippen LogP contribution in [0.2, 0.25) is 0 Å². The smallest absolute Gasteiger partial charge is 0.293 e. The van der Waals surface area contributed by atoms with Crippen molar-refractivity contribution in [3.63, 3.8) is 0 Å². The number of rotatable bonds is 5. The van der Waals surface area contributed by atoms with Crippen molar-refractivity contribution in [2.45, 2.75) is 19.9 Å². The van der Waals surface area contributed by atoms with E-state index in [4.69, 9.17) is 4.74 Å². The van der Waals surface area contributed by atoms with Crippen molar-refractivity contribution < 1.29 is 14.3 Å². The molecule has 0 aliphatic carbocycles. The minimum absolute atomic E-state index is 0.127. The van der Waals surface area contributed by atoms with Gasteiger partial charge in [0, 0.05) is 6.04 Å². The number of thioether (sulfide) groups is 1. The average molecular weight is 303 g/mol. The van der Waals surface area contributed by atoms with Gasteiger partial charge in [0.05, 0.1) is 4.91 Å². The topological polar surface area (TPSA) is 46.6 Å². The highest BCUT2D eigenvalue weighted by Crippen LogP contribution is 2.33. The lowest BCUT2D eigenvalue weighted by Gasteiger charge is -2.16. The zero-order chi connectivity index (χ0) is 15.4. The lowest BCUT2D eigenvalue weighted by atomic mass is 10.2. The van der Waals surface area contributed by atoms with Gasteiger partial charge in [0.1, 0.15) is 12.4 Å². The lowest BCUT2D eigenvalue weighted by Crippen LogP contribution is -2.34. The van der Waals surface area contributed by atoms with Gasteiger partial charge in [-0.15, -0.1) is 0 Å². The second-order valence-electron chi connectivity index (χ2n) is 4.81. The summed E-state index contributed by atoms with van der Waals surface area (Å²) < 4.78 is 5.39. The van der Waals surface area contributed by atoms with Crippen molar-refractivity contribution in [1.82, 2.24) is 4.90 Å². The zero-order valence-electron chi connectivity index (χ0n) is 12.0. The molecule has 0 spiro atoms. The summed E-state index contributed by atoms with van der Waals surface area (Å²) in [5.41, 5.74) is 0.857. The molecule has 1 aromatic carbocycles. The number of imide groups is 1. The molecule has 5 heteroatoms. The molecule has 2 rings (SSSR count). The minimum Gasteiger partial charge on any atom is -0.490 e. The van der Waals surface area contributed by atoms with Gasteiger partial charge in [-0.2, -0.15) is 0 Å². The predicted molar refractivity (Wildman–Crippen MR) is 85.1 cm³/mol. The van der Waals surface area contributed by atoms with E-state index < -0.39 is 0 Å². The van der Waals surface area contributed by atoms with Crippen molar-refractivity contribution in [3.05, 3.63) is 47.4 Å². The summed E-state index contributed by atoms with van der Waals surface area (Å²) in [5, 5.41) is -0.216. The molecule has 21 heavy (non-hydrogen) atoms. The fourth-order valence-corrected chi connectivity index (χ4v) is 2.85. The average Bonchev–Trinajstić information content (AvgIpc) is 2.72. The fraction of sp³-hybridized carbons (Fsp3) is 0.250. The fourth-order valence-electron chi connectivity index (χ4n) is 1.89. The Hall–Kier alpha value is -2.01. The number of ether oxygens (including phenoxy) is 1. The van der Waals surface area contributed by atoms with Gasteiger partial charge in [-0.3, -0.25) is 14.5 Å². The molecule has 1 aliphatic heterocycles. The molecular weight excluding hydrogens is 286 g/mol. The number of nitrogens with zero attached hydrogens (tertiary/aromatic N) is 1. The van der Waals surface area contributed by atoms with Crippen LogP contribution in [-0.2, 0) is 4.79 Å². The second-order valence-corrected chi connectivity index (χ2v) is 5.81. The normalized spacial score (nSPS) is 16.9. The van der Waals surface area contributed by atoms with Gasteiger partial charge in [-0.05, 0) is 49.4 Å². The van der Waals surface area contributed by atoms with Crippen molar-refractivity contribution in [2.75, 3.05) is 6.61 Å². The molecule has 4 nitrogen and oxygen atoms in total. The first kappa shape index (κ1) is 15.4. The third-order valence-electron chi connectivity index (χ3n) is 2.89. The number of carbonyl (C=O) groups excluding carboxylic acids is 2. The van der Waals surface area contributed by atoms with E-state index in [2.05, 4.69) is 6.58 Å². The van der Waals surface area contributed by atoms with Gasteiger partial charge in [0.15, 0.2) is 0 Å². The van der Waals surface area contributed by atoms with Gasteiger partial charge in [0.2, 0.25) is 0 Å². The van der Waals surface area contributed by atoms with Crippen molar-refractivity contribution in [1.29, 1.82) is 0 Å². The summed E-state index contributed by atoms with van der Waals surface area (Å²) in [6, 6.07) is 7.21. The van der Waals surface area contributed by atoms with Gasteiger partial charge in [-0.1, -0.05) is 24.8 Å². The monoisotopic (exact) mass is 303 g/mol. The van der Waals surface area contributed by atoms with Crippen LogP contribution in [0.25, 0.3) is 6.08 Å². The molecule has 1 aliphatic rings. The van der Waals surface area contributed by atoms with E-state index in [1.54, 1.807) is 12.2 Å². The Morgan fingerprint density at radius 2 is 1.95 bits per heavy atom. The van der Waals surface area contributed by atoms with E-state index in [1.807, 2.05) is 38.1 Å². The van der Waals surface area contributed by atoms with E-state index >= 15 is 0 Å². The first-order valence-electron chi connectivity index (χ1n) is 6.63. The number of carbonyl (C=O) groups is 2. The van der Waals surface area contributed by atoms with Gasteiger partial charge < -0.3 is 4.74 Å². The summed E-state index contributed by atoms with van der Waals surface area (Å²) in [6.45, 7) is 7.69. The highest BCUT2D eigenvalue weighted by molar-refractivity contribution is 8.18. The van der Waals surface area contributed by atoms with Crippen LogP contribution in [0.3, 0.4) is 0 Å². The van der Waals surface area contributed by atoms with Crippen LogP contribution in [0.4, 0.5) is 4.79 Å². The largest absolute Gasteiger partial charge is 0.490 e. The first-order valence-corrected chi connectivity index (χ1v) is 7.45. The number of benzene rings is 1. The molecule has 1 fully saturated rings. The third-order valence-corrected chi connectivity index (χ3v) is 3.77. The van der Waals surface area contributed by atoms with Crippen molar-refractivity contribution >= 4 is 29.0 Å². The predicted octanol–water partition coefficient (Wildman–Crippen LogP) is 3.70. The maximum absolute atomic E-state index is 12.2. The van der Waals surface area contributed by atoms with E-state index in [0.717, 1.165) is 23.1 Å². The highest BCUT2D eigenvalue weighted by Gasteiger charge is 2.36. The summed E-state index contributed by atoms with van der Waals surface area (Å²) in [7, 11) is 0. The first-order chi connectivity index (χ1) is 10.0. The number of amides is 2. The van der Waals surface area contributed by atoms with Gasteiger partial charge in [0.25, 0.3) is 11.1 Å². The maximum atomic E-state index is 12.2. The summed E-state index contributed by atoms with van der Waals surface area (Å²) in [5.74, 6) is 0.509. The van der Waals surface area contributed by atoms with Crippen LogP contribution in [0.15, 0.2) is 41.8 Å². The maximum Gasteiger partial charge on any atom is 0.293 e.